The summed E-state index contributed by atoms with van der Waals surface area (Å²) in [5.41, 5.74) is 0. The van der Waals surface area contributed by atoms with Gasteiger partial charge in [-0.25, -0.2) is 0 Å². The highest BCUT2D eigenvalue weighted by molar-refractivity contribution is 5.09. The van der Waals surface area contributed by atoms with Crippen LogP contribution in [0.1, 0.15) is 199 Å². The molecular formula is C52H83NO3. The fourth-order valence-corrected chi connectivity index (χ4v) is 19.1. The lowest BCUT2D eigenvalue weighted by molar-refractivity contribution is -0.0969. The molecular weight excluding hydrogens is 687 g/mol. The summed E-state index contributed by atoms with van der Waals surface area (Å²) in [5, 5.41) is 0. The maximum atomic E-state index is 7.54. The minimum Gasteiger partial charge on any atom is -0.374 e. The smallest absolute Gasteiger partial charge is 0.0766 e. The van der Waals surface area contributed by atoms with Gasteiger partial charge in [-0.1, -0.05) is 64.2 Å². The fourth-order valence-electron chi connectivity index (χ4n) is 19.1. The van der Waals surface area contributed by atoms with Crippen LogP contribution in [0, 0.1) is 71.0 Å². The van der Waals surface area contributed by atoms with Crippen molar-refractivity contribution in [2.75, 3.05) is 0 Å². The number of ether oxygens (including phenoxy) is 3. The monoisotopic (exact) mass is 770 g/mol. The van der Waals surface area contributed by atoms with Gasteiger partial charge in [0.15, 0.2) is 0 Å². The van der Waals surface area contributed by atoms with Crippen molar-refractivity contribution >= 4 is 0 Å². The standard InChI is InChI=1S/C52H83NO3/c1-2-10-35-31-36(20-19-32(35)9-1)33-21-25-37(26-22-33)53(45-16-8-15-41-40-11-3-5-17-46(40)55-51(41)45)38-27-23-34(24-28-38)39-13-7-14-42-43-29-30-48-49(52(43)56-50(39)42)44-12-4-6-18-47(44)54-48/h32-52H,1-31H2. The Morgan fingerprint density at radius 3 is 1.62 bits per heavy atom. The van der Waals surface area contributed by atoms with Crippen molar-refractivity contribution in [1.29, 1.82) is 0 Å². The number of nitrogens with zero attached hydrogens (tertiary/aromatic N) is 1. The van der Waals surface area contributed by atoms with Gasteiger partial charge in [0.25, 0.3) is 0 Å². The topological polar surface area (TPSA) is 30.9 Å². The summed E-state index contributed by atoms with van der Waals surface area (Å²) in [7, 11) is 0. The Morgan fingerprint density at radius 1 is 0.286 bits per heavy atom. The lowest BCUT2D eigenvalue weighted by Crippen LogP contribution is -2.58. The Hall–Kier alpha value is -0.160. The molecule has 0 aromatic heterocycles. The van der Waals surface area contributed by atoms with Crippen molar-refractivity contribution in [3.8, 4) is 0 Å². The second-order valence-electron chi connectivity index (χ2n) is 23.5. The average molecular weight is 770 g/mol. The summed E-state index contributed by atoms with van der Waals surface area (Å²) >= 11 is 0. The van der Waals surface area contributed by atoms with E-state index >= 15 is 0 Å². The van der Waals surface area contributed by atoms with Crippen LogP contribution in [0.3, 0.4) is 0 Å². The number of hydrogen-bond donors (Lipinski definition) is 0. The maximum Gasteiger partial charge on any atom is 0.0766 e. The molecule has 17 atom stereocenters. The zero-order chi connectivity index (χ0) is 36.7. The van der Waals surface area contributed by atoms with Crippen molar-refractivity contribution in [3.05, 3.63) is 0 Å². The zero-order valence-corrected chi connectivity index (χ0v) is 35.7. The minimum atomic E-state index is 0.513. The van der Waals surface area contributed by atoms with Gasteiger partial charge in [0.1, 0.15) is 0 Å². The molecule has 0 bridgehead atoms. The van der Waals surface area contributed by atoms with E-state index in [9.17, 15) is 0 Å². The molecule has 4 nitrogen and oxygen atoms in total. The van der Waals surface area contributed by atoms with Crippen molar-refractivity contribution in [2.45, 2.75) is 254 Å². The van der Waals surface area contributed by atoms with Crippen LogP contribution in [0.15, 0.2) is 0 Å². The molecule has 0 spiro atoms. The fraction of sp³-hybridized carbons (Fsp3) is 1.00. The van der Waals surface area contributed by atoms with E-state index in [0.717, 1.165) is 77.2 Å². The lowest BCUT2D eigenvalue weighted by atomic mass is 9.62. The SMILES string of the molecule is C1CCC2CC(C3CCC(N(C4CCC(C5CCCC6C7CCC8OC9CCCCC9C8C7OC56)CC4)C4CCCC5C6CCCCC6OC54)CC3)CCC2C1. The van der Waals surface area contributed by atoms with Crippen molar-refractivity contribution < 1.29 is 14.2 Å². The molecule has 12 aliphatic rings. The Balaban J connectivity index is 0.744. The van der Waals surface area contributed by atoms with Gasteiger partial charge in [-0.05, 0) is 200 Å². The maximum absolute atomic E-state index is 7.54. The van der Waals surface area contributed by atoms with Crippen LogP contribution in [0.4, 0.5) is 0 Å². The van der Waals surface area contributed by atoms with Crippen LogP contribution in [0.25, 0.3) is 0 Å². The first kappa shape index (κ1) is 37.6. The highest BCUT2D eigenvalue weighted by Gasteiger charge is 2.61. The second-order valence-corrected chi connectivity index (χ2v) is 23.5. The third-order valence-electron chi connectivity index (χ3n) is 21.4. The lowest BCUT2D eigenvalue weighted by Gasteiger charge is -2.53. The van der Waals surface area contributed by atoms with E-state index in [0.29, 0.717) is 48.6 Å². The van der Waals surface area contributed by atoms with Gasteiger partial charge >= 0.3 is 0 Å². The molecule has 17 unspecified atom stereocenters. The molecule has 3 saturated heterocycles. The molecule has 314 valence electrons. The van der Waals surface area contributed by atoms with Gasteiger partial charge in [0.2, 0.25) is 0 Å². The van der Waals surface area contributed by atoms with Gasteiger partial charge in [0, 0.05) is 24.0 Å². The summed E-state index contributed by atoms with van der Waals surface area (Å²) in [6.07, 6.45) is 48.8. The van der Waals surface area contributed by atoms with Crippen LogP contribution < -0.4 is 0 Å². The molecule has 0 amide bonds. The molecule has 12 fully saturated rings. The van der Waals surface area contributed by atoms with Gasteiger partial charge in [-0.3, -0.25) is 4.90 Å². The molecule has 3 aliphatic heterocycles. The number of fused-ring (bicyclic) bond motifs is 11. The predicted molar refractivity (Wildman–Crippen MR) is 224 cm³/mol. The largest absolute Gasteiger partial charge is 0.374 e. The van der Waals surface area contributed by atoms with E-state index in [1.807, 2.05) is 0 Å². The Labute approximate surface area is 342 Å². The highest BCUT2D eigenvalue weighted by atomic mass is 16.5. The average Bonchev–Trinajstić information content (AvgIpc) is 3.96. The van der Waals surface area contributed by atoms with E-state index in [4.69, 9.17) is 14.2 Å². The predicted octanol–water partition coefficient (Wildman–Crippen LogP) is 12.3. The quantitative estimate of drug-likeness (QED) is 0.279. The van der Waals surface area contributed by atoms with Crippen molar-refractivity contribution in [2.24, 2.45) is 71.0 Å². The molecule has 56 heavy (non-hydrogen) atoms. The first-order chi connectivity index (χ1) is 27.7. The molecule has 0 N–H and O–H groups in total. The number of rotatable bonds is 5. The third kappa shape index (κ3) is 6.61. The highest BCUT2D eigenvalue weighted by Crippen LogP contribution is 2.59. The molecule has 0 aromatic carbocycles. The summed E-state index contributed by atoms with van der Waals surface area (Å²) in [5.74, 6) is 10.9. The molecule has 4 heteroatoms. The van der Waals surface area contributed by atoms with E-state index in [-0.39, 0.29) is 0 Å². The Morgan fingerprint density at radius 2 is 0.821 bits per heavy atom. The third-order valence-corrected chi connectivity index (χ3v) is 21.4. The van der Waals surface area contributed by atoms with Crippen LogP contribution in [0.2, 0.25) is 0 Å². The van der Waals surface area contributed by atoms with E-state index in [1.54, 1.807) is 32.1 Å². The number of hydrogen-bond acceptors (Lipinski definition) is 4. The summed E-state index contributed by atoms with van der Waals surface area (Å²) < 4.78 is 21.7. The van der Waals surface area contributed by atoms with Gasteiger partial charge in [0.05, 0.1) is 36.6 Å². The van der Waals surface area contributed by atoms with Gasteiger partial charge in [-0.15, -0.1) is 0 Å². The molecule has 12 rings (SSSR count). The minimum absolute atomic E-state index is 0.513. The Bertz CT molecular complexity index is 1340. The van der Waals surface area contributed by atoms with Gasteiger partial charge in [-0.2, -0.15) is 0 Å². The normalized spacial score (nSPS) is 55.6. The van der Waals surface area contributed by atoms with E-state index < -0.39 is 0 Å². The molecule has 9 saturated carbocycles. The summed E-state index contributed by atoms with van der Waals surface area (Å²) in [4.78, 5) is 3.31. The van der Waals surface area contributed by atoms with Crippen LogP contribution in [-0.4, -0.2) is 59.6 Å². The van der Waals surface area contributed by atoms with Crippen molar-refractivity contribution in [1.82, 2.24) is 4.90 Å². The molecule has 0 aromatic rings. The second kappa shape index (κ2) is 15.9. The first-order valence-electron chi connectivity index (χ1n) is 26.5. The van der Waals surface area contributed by atoms with Crippen molar-refractivity contribution in [3.63, 3.8) is 0 Å². The van der Waals surface area contributed by atoms with Crippen LogP contribution in [-0.2, 0) is 14.2 Å². The van der Waals surface area contributed by atoms with E-state index in [2.05, 4.69) is 4.90 Å². The van der Waals surface area contributed by atoms with E-state index in [1.165, 1.54) is 167 Å². The molecule has 0 radical (unpaired) electrons. The molecule has 3 heterocycles. The summed E-state index contributed by atoms with van der Waals surface area (Å²) in [6, 6.07) is 2.32. The first-order valence-corrected chi connectivity index (χ1v) is 26.5. The van der Waals surface area contributed by atoms with Crippen LogP contribution in [0.5, 0.6) is 0 Å². The molecule has 9 aliphatic carbocycles. The Kier molecular flexibility index (Phi) is 10.7. The van der Waals surface area contributed by atoms with Gasteiger partial charge < -0.3 is 14.2 Å². The summed E-state index contributed by atoms with van der Waals surface area (Å²) in [6.45, 7) is 0. The van der Waals surface area contributed by atoms with Crippen LogP contribution >= 0.6 is 0 Å². The zero-order valence-electron chi connectivity index (χ0n) is 35.7.